The number of rotatable bonds is 5. The summed E-state index contributed by atoms with van der Waals surface area (Å²) in [5, 5.41) is 15.9. The van der Waals surface area contributed by atoms with Gasteiger partial charge in [-0.1, -0.05) is 12.1 Å². The van der Waals surface area contributed by atoms with E-state index in [4.69, 9.17) is 4.74 Å². The molecule has 0 unspecified atom stereocenters. The molecule has 126 valence electrons. The molecule has 0 spiro atoms. The highest BCUT2D eigenvalue weighted by Gasteiger charge is 2.13. The van der Waals surface area contributed by atoms with Crippen molar-refractivity contribution in [2.24, 2.45) is 0 Å². The van der Waals surface area contributed by atoms with E-state index in [0.717, 1.165) is 5.56 Å². The number of hydrogen-bond acceptors (Lipinski definition) is 4. The normalized spacial score (nSPS) is 10.1. The molecule has 0 aromatic heterocycles. The van der Waals surface area contributed by atoms with Gasteiger partial charge in [0.05, 0.1) is 17.7 Å². The highest BCUT2D eigenvalue weighted by molar-refractivity contribution is 5.91. The number of carbonyl (C=O) groups is 1. The molecule has 0 aliphatic rings. The maximum atomic E-state index is 13.2. The third-order valence-corrected chi connectivity index (χ3v) is 3.32. The monoisotopic (exact) mass is 333 g/mol. The van der Waals surface area contributed by atoms with E-state index in [1.165, 1.54) is 31.4 Å². The summed E-state index contributed by atoms with van der Waals surface area (Å²) in [5.74, 6) is -0.0158. The van der Waals surface area contributed by atoms with Crippen molar-refractivity contribution in [3.8, 4) is 5.75 Å². The fourth-order valence-corrected chi connectivity index (χ4v) is 2.07. The molecule has 0 bridgehead atoms. The fraction of sp³-hybridized carbons (Fsp3) is 0.188. The molecule has 2 amide bonds. The molecule has 2 aromatic carbocycles. The number of nitro benzene ring substituents is 1. The molecule has 24 heavy (non-hydrogen) atoms. The lowest BCUT2D eigenvalue weighted by atomic mass is 10.1. The summed E-state index contributed by atoms with van der Waals surface area (Å²) in [5.41, 5.74) is 1.23. The van der Waals surface area contributed by atoms with E-state index in [0.29, 0.717) is 11.3 Å². The molecule has 0 saturated carbocycles. The van der Waals surface area contributed by atoms with Gasteiger partial charge in [-0.3, -0.25) is 10.1 Å². The predicted octanol–water partition coefficient (Wildman–Crippen LogP) is 3.37. The minimum absolute atomic E-state index is 0.166. The first-order valence-corrected chi connectivity index (χ1v) is 7.03. The van der Waals surface area contributed by atoms with Gasteiger partial charge in [-0.2, -0.15) is 0 Å². The Morgan fingerprint density at radius 1 is 1.29 bits per heavy atom. The molecular weight excluding hydrogens is 317 g/mol. The number of nitrogens with zero attached hydrogens (tertiary/aromatic N) is 1. The van der Waals surface area contributed by atoms with Crippen LogP contribution in [0.4, 0.5) is 20.6 Å². The number of carbonyl (C=O) groups excluding carboxylic acids is 1. The quantitative estimate of drug-likeness (QED) is 0.648. The van der Waals surface area contributed by atoms with Crippen LogP contribution in [0.15, 0.2) is 36.4 Å². The van der Waals surface area contributed by atoms with Crippen molar-refractivity contribution < 1.29 is 18.8 Å². The molecule has 0 saturated heterocycles. The second-order valence-corrected chi connectivity index (χ2v) is 5.03. The summed E-state index contributed by atoms with van der Waals surface area (Å²) in [6.45, 7) is 1.82. The summed E-state index contributed by atoms with van der Waals surface area (Å²) in [6.07, 6.45) is 0. The van der Waals surface area contributed by atoms with Gasteiger partial charge in [-0.05, 0) is 30.2 Å². The molecule has 2 aromatic rings. The van der Waals surface area contributed by atoms with Crippen LogP contribution in [0.2, 0.25) is 0 Å². The number of non-ortho nitro benzene ring substituents is 1. The van der Waals surface area contributed by atoms with E-state index in [-0.39, 0.29) is 23.7 Å². The molecule has 8 heteroatoms. The lowest BCUT2D eigenvalue weighted by Crippen LogP contribution is -2.28. The zero-order valence-electron chi connectivity index (χ0n) is 13.1. The third kappa shape index (κ3) is 4.19. The Bertz CT molecular complexity index is 780. The minimum atomic E-state index is -0.566. The van der Waals surface area contributed by atoms with Gasteiger partial charge in [0, 0.05) is 18.7 Å². The van der Waals surface area contributed by atoms with Crippen molar-refractivity contribution in [2.45, 2.75) is 13.5 Å². The largest absolute Gasteiger partial charge is 0.495 e. The summed E-state index contributed by atoms with van der Waals surface area (Å²) in [4.78, 5) is 22.2. The van der Waals surface area contributed by atoms with Crippen LogP contribution in [0.1, 0.15) is 11.1 Å². The second-order valence-electron chi connectivity index (χ2n) is 5.03. The summed E-state index contributed by atoms with van der Waals surface area (Å²) < 4.78 is 18.3. The van der Waals surface area contributed by atoms with Crippen LogP contribution >= 0.6 is 0 Å². The van der Waals surface area contributed by atoms with Gasteiger partial charge in [-0.15, -0.1) is 0 Å². The van der Waals surface area contributed by atoms with Gasteiger partial charge in [0.2, 0.25) is 0 Å². The summed E-state index contributed by atoms with van der Waals surface area (Å²) in [7, 11) is 1.39. The zero-order valence-corrected chi connectivity index (χ0v) is 13.1. The molecule has 7 nitrogen and oxygen atoms in total. The van der Waals surface area contributed by atoms with Crippen molar-refractivity contribution in [1.29, 1.82) is 0 Å². The lowest BCUT2D eigenvalue weighted by molar-refractivity contribution is -0.384. The predicted molar refractivity (Wildman–Crippen MR) is 86.6 cm³/mol. The first-order valence-electron chi connectivity index (χ1n) is 7.03. The molecule has 2 N–H and O–H groups in total. The number of ether oxygens (including phenoxy) is 1. The van der Waals surface area contributed by atoms with Crippen LogP contribution in [0.5, 0.6) is 5.75 Å². The maximum absolute atomic E-state index is 13.2. The third-order valence-electron chi connectivity index (χ3n) is 3.32. The van der Waals surface area contributed by atoms with Crippen LogP contribution in [0, 0.1) is 22.9 Å². The summed E-state index contributed by atoms with van der Waals surface area (Å²) in [6, 6.07) is 7.85. The van der Waals surface area contributed by atoms with E-state index in [1.54, 1.807) is 19.1 Å². The highest BCUT2D eigenvalue weighted by atomic mass is 19.1. The molecule has 0 aliphatic carbocycles. The number of halogens is 1. The standard InChI is InChI=1S/C16H16FN3O4/c1-10-7-11(3-5-13(10)17)9-18-16(21)19-14-8-12(20(22)23)4-6-15(14)24-2/h3-8H,9H2,1-2H3,(H2,18,19,21). The number of anilines is 1. The molecule has 0 heterocycles. The number of methoxy groups -OCH3 is 1. The van der Waals surface area contributed by atoms with E-state index in [2.05, 4.69) is 10.6 Å². The van der Waals surface area contributed by atoms with Gasteiger partial charge in [0.15, 0.2) is 0 Å². The number of urea groups is 1. The van der Waals surface area contributed by atoms with Crippen molar-refractivity contribution in [3.05, 3.63) is 63.5 Å². The number of benzene rings is 2. The summed E-state index contributed by atoms with van der Waals surface area (Å²) >= 11 is 0. The Labute approximate surface area is 137 Å². The van der Waals surface area contributed by atoms with Crippen molar-refractivity contribution >= 4 is 17.4 Å². The Hall–Kier alpha value is -3.16. The van der Waals surface area contributed by atoms with Gasteiger partial charge in [0.1, 0.15) is 11.6 Å². The van der Waals surface area contributed by atoms with E-state index in [1.807, 2.05) is 0 Å². The van der Waals surface area contributed by atoms with Crippen LogP contribution < -0.4 is 15.4 Å². The lowest BCUT2D eigenvalue weighted by Gasteiger charge is -2.11. The Morgan fingerprint density at radius 3 is 2.67 bits per heavy atom. The molecule has 0 fully saturated rings. The molecule has 0 radical (unpaired) electrons. The van der Waals surface area contributed by atoms with E-state index in [9.17, 15) is 19.3 Å². The first kappa shape index (κ1) is 17.2. The van der Waals surface area contributed by atoms with Crippen molar-refractivity contribution in [2.75, 3.05) is 12.4 Å². The zero-order chi connectivity index (χ0) is 17.7. The van der Waals surface area contributed by atoms with Crippen LogP contribution in [0.25, 0.3) is 0 Å². The SMILES string of the molecule is COc1ccc([N+](=O)[O-])cc1NC(=O)NCc1ccc(F)c(C)c1. The number of aryl methyl sites for hydroxylation is 1. The van der Waals surface area contributed by atoms with Crippen LogP contribution in [-0.4, -0.2) is 18.1 Å². The smallest absolute Gasteiger partial charge is 0.319 e. The Balaban J connectivity index is 2.04. The molecule has 0 aliphatic heterocycles. The first-order chi connectivity index (χ1) is 11.4. The van der Waals surface area contributed by atoms with Crippen LogP contribution in [-0.2, 0) is 6.54 Å². The van der Waals surface area contributed by atoms with Gasteiger partial charge >= 0.3 is 6.03 Å². The van der Waals surface area contributed by atoms with Gasteiger partial charge < -0.3 is 15.4 Å². The second kappa shape index (κ2) is 7.40. The van der Waals surface area contributed by atoms with Crippen molar-refractivity contribution in [3.63, 3.8) is 0 Å². The average molecular weight is 333 g/mol. The maximum Gasteiger partial charge on any atom is 0.319 e. The van der Waals surface area contributed by atoms with Gasteiger partial charge in [-0.25, -0.2) is 9.18 Å². The number of nitro groups is 1. The fourth-order valence-electron chi connectivity index (χ4n) is 2.07. The average Bonchev–Trinajstić information content (AvgIpc) is 2.55. The Kier molecular flexibility index (Phi) is 5.31. The topological polar surface area (TPSA) is 93.5 Å². The molecule has 2 rings (SSSR count). The van der Waals surface area contributed by atoms with Crippen molar-refractivity contribution in [1.82, 2.24) is 5.32 Å². The van der Waals surface area contributed by atoms with Crippen LogP contribution in [0.3, 0.4) is 0 Å². The van der Waals surface area contributed by atoms with E-state index < -0.39 is 11.0 Å². The highest BCUT2D eigenvalue weighted by Crippen LogP contribution is 2.28. The van der Waals surface area contributed by atoms with E-state index >= 15 is 0 Å². The number of nitrogens with one attached hydrogen (secondary N) is 2. The Morgan fingerprint density at radius 2 is 2.04 bits per heavy atom. The number of hydrogen-bond donors (Lipinski definition) is 2. The van der Waals surface area contributed by atoms with Gasteiger partial charge in [0.25, 0.3) is 5.69 Å². The molecule has 0 atom stereocenters. The molecular formula is C16H16FN3O4. The minimum Gasteiger partial charge on any atom is -0.495 e. The number of amides is 2.